The van der Waals surface area contributed by atoms with Crippen LogP contribution in [0.5, 0.6) is 0 Å². The van der Waals surface area contributed by atoms with Gasteiger partial charge in [0, 0.05) is 38.9 Å². The molecule has 0 radical (unpaired) electrons. The van der Waals surface area contributed by atoms with Gasteiger partial charge in [0.2, 0.25) is 0 Å². The van der Waals surface area contributed by atoms with E-state index in [4.69, 9.17) is 19.9 Å². The van der Waals surface area contributed by atoms with Gasteiger partial charge < -0.3 is 30.4 Å². The molecule has 0 aromatic heterocycles. The Morgan fingerprint density at radius 2 is 1.57 bits per heavy atom. The minimum absolute atomic E-state index is 0.0789. The zero-order valence-corrected chi connectivity index (χ0v) is 27.4. The fourth-order valence-electron chi connectivity index (χ4n) is 10.4. The average Bonchev–Trinajstić information content (AvgIpc) is 3.34. The van der Waals surface area contributed by atoms with Gasteiger partial charge >= 0.3 is 5.97 Å². The van der Waals surface area contributed by atoms with Gasteiger partial charge in [-0.25, -0.2) is 0 Å². The fourth-order valence-corrected chi connectivity index (χ4v) is 10.4. The Balaban J connectivity index is 1.20. The summed E-state index contributed by atoms with van der Waals surface area (Å²) in [4.78, 5) is 11.8. The number of nitrogens with one attached hydrogen (secondary N) is 1. The summed E-state index contributed by atoms with van der Waals surface area (Å²) >= 11 is 0. The highest BCUT2D eigenvalue weighted by Gasteiger charge is 2.62. The van der Waals surface area contributed by atoms with Gasteiger partial charge in [-0.1, -0.05) is 20.8 Å². The van der Waals surface area contributed by atoms with E-state index in [0.29, 0.717) is 54.0 Å². The smallest absolute Gasteiger partial charge is 0.305 e. The highest BCUT2D eigenvalue weighted by Crippen LogP contribution is 2.68. The lowest BCUT2D eigenvalue weighted by Crippen LogP contribution is -2.59. The summed E-state index contributed by atoms with van der Waals surface area (Å²) in [5, 5.41) is 15.5. The number of nitrogens with two attached hydrogens (primary N) is 1. The van der Waals surface area contributed by atoms with E-state index in [-0.39, 0.29) is 17.5 Å². The van der Waals surface area contributed by atoms with Gasteiger partial charge in [0.05, 0.1) is 13.2 Å². The standard InChI is InChI=1S/C35H64N2O5/c1-25(9-12-33(39)40-4)28-10-11-29-27-24-32(38)31-23-26(13-15-35(31,3)30(27)14-16-34(28,29)2)37-18-8-22-42-20-6-5-19-41-21-7-17-36/h25-32,37-38H,5-24,36H2,1-4H3/t25-,26-,27?,28?,29?,30?,31?,32+,34+,35+/m0/s1. The number of unbranched alkanes of at least 4 members (excludes halogenated alkanes) is 1. The molecule has 0 bridgehead atoms. The van der Waals surface area contributed by atoms with Crippen LogP contribution in [-0.2, 0) is 19.0 Å². The molecule has 5 unspecified atom stereocenters. The zero-order valence-electron chi connectivity index (χ0n) is 27.4. The molecule has 10 atom stereocenters. The van der Waals surface area contributed by atoms with Gasteiger partial charge in [0.25, 0.3) is 0 Å². The number of esters is 1. The van der Waals surface area contributed by atoms with E-state index in [1.807, 2.05) is 0 Å². The molecule has 0 aliphatic heterocycles. The molecule has 4 aliphatic rings. The van der Waals surface area contributed by atoms with Gasteiger partial charge in [-0.2, -0.15) is 0 Å². The van der Waals surface area contributed by atoms with Crippen LogP contribution in [0.2, 0.25) is 0 Å². The predicted octanol–water partition coefficient (Wildman–Crippen LogP) is 5.72. The topological polar surface area (TPSA) is 103 Å². The highest BCUT2D eigenvalue weighted by molar-refractivity contribution is 5.69. The average molecular weight is 593 g/mol. The molecular weight excluding hydrogens is 528 g/mol. The number of rotatable bonds is 17. The molecule has 7 heteroatoms. The summed E-state index contributed by atoms with van der Waals surface area (Å²) in [6.45, 7) is 12.3. The number of fused-ring (bicyclic) bond motifs is 5. The lowest BCUT2D eigenvalue weighted by Gasteiger charge is -2.62. The van der Waals surface area contributed by atoms with Crippen LogP contribution in [0.4, 0.5) is 0 Å². The van der Waals surface area contributed by atoms with E-state index >= 15 is 0 Å². The van der Waals surface area contributed by atoms with E-state index in [9.17, 15) is 9.90 Å². The summed E-state index contributed by atoms with van der Waals surface area (Å²) in [5.41, 5.74) is 6.09. The van der Waals surface area contributed by atoms with Crippen molar-refractivity contribution in [3.05, 3.63) is 0 Å². The third kappa shape index (κ3) is 7.91. The lowest BCUT2D eigenvalue weighted by atomic mass is 9.43. The van der Waals surface area contributed by atoms with Crippen molar-refractivity contribution in [1.29, 1.82) is 0 Å². The summed E-state index contributed by atoms with van der Waals surface area (Å²) < 4.78 is 16.3. The van der Waals surface area contributed by atoms with Crippen LogP contribution in [-0.4, -0.2) is 69.8 Å². The molecule has 0 amide bonds. The van der Waals surface area contributed by atoms with Crippen LogP contribution < -0.4 is 11.1 Å². The number of methoxy groups -OCH3 is 1. The van der Waals surface area contributed by atoms with Crippen molar-refractivity contribution in [3.8, 4) is 0 Å². The molecule has 0 heterocycles. The van der Waals surface area contributed by atoms with Crippen molar-refractivity contribution in [1.82, 2.24) is 5.32 Å². The number of carbonyl (C=O) groups is 1. The largest absolute Gasteiger partial charge is 0.469 e. The fraction of sp³-hybridized carbons (Fsp3) is 0.971. The maximum atomic E-state index is 11.8. The molecule has 4 rings (SSSR count). The second-order valence-electron chi connectivity index (χ2n) is 15.0. The van der Waals surface area contributed by atoms with Gasteiger partial charge in [-0.3, -0.25) is 4.79 Å². The van der Waals surface area contributed by atoms with Gasteiger partial charge in [0.1, 0.15) is 0 Å². The van der Waals surface area contributed by atoms with Crippen LogP contribution in [0, 0.1) is 46.3 Å². The van der Waals surface area contributed by atoms with Crippen molar-refractivity contribution in [2.45, 2.75) is 123 Å². The summed E-state index contributed by atoms with van der Waals surface area (Å²) in [7, 11) is 1.50. The van der Waals surface area contributed by atoms with Gasteiger partial charge in [0.15, 0.2) is 0 Å². The van der Waals surface area contributed by atoms with Crippen LogP contribution in [0.3, 0.4) is 0 Å². The third-order valence-corrected chi connectivity index (χ3v) is 12.7. The maximum absolute atomic E-state index is 11.8. The van der Waals surface area contributed by atoms with E-state index in [1.165, 1.54) is 45.6 Å². The molecule has 4 N–H and O–H groups in total. The third-order valence-electron chi connectivity index (χ3n) is 12.7. The Kier molecular flexibility index (Phi) is 13.0. The first-order chi connectivity index (χ1) is 20.2. The van der Waals surface area contributed by atoms with Crippen LogP contribution in [0.15, 0.2) is 0 Å². The molecule has 7 nitrogen and oxygen atoms in total. The van der Waals surface area contributed by atoms with Gasteiger partial charge in [-0.15, -0.1) is 0 Å². The molecular formula is C35H64N2O5. The molecule has 4 saturated carbocycles. The number of carbonyl (C=O) groups excluding carboxylic acids is 1. The van der Waals surface area contributed by atoms with Crippen LogP contribution >= 0.6 is 0 Å². The quantitative estimate of drug-likeness (QED) is 0.147. The second-order valence-corrected chi connectivity index (χ2v) is 15.0. The molecule has 4 aliphatic carbocycles. The number of aliphatic hydroxyl groups is 1. The summed E-state index contributed by atoms with van der Waals surface area (Å²) in [6, 6.07) is 0.514. The monoisotopic (exact) mass is 592 g/mol. The Morgan fingerprint density at radius 1 is 0.905 bits per heavy atom. The van der Waals surface area contributed by atoms with E-state index in [0.717, 1.165) is 83.8 Å². The van der Waals surface area contributed by atoms with Crippen molar-refractivity contribution < 1.29 is 24.1 Å². The number of hydrogen-bond acceptors (Lipinski definition) is 7. The molecule has 4 fully saturated rings. The van der Waals surface area contributed by atoms with Crippen molar-refractivity contribution in [2.75, 3.05) is 46.6 Å². The Hall–Kier alpha value is -0.730. The number of aliphatic hydroxyl groups excluding tert-OH is 1. The minimum Gasteiger partial charge on any atom is -0.469 e. The van der Waals surface area contributed by atoms with Crippen molar-refractivity contribution in [3.63, 3.8) is 0 Å². The minimum atomic E-state index is -0.179. The van der Waals surface area contributed by atoms with Crippen molar-refractivity contribution in [2.24, 2.45) is 52.1 Å². The number of hydrogen-bond donors (Lipinski definition) is 3. The first-order valence-corrected chi connectivity index (χ1v) is 17.6. The molecule has 0 saturated heterocycles. The molecule has 244 valence electrons. The van der Waals surface area contributed by atoms with Crippen LogP contribution in [0.1, 0.15) is 111 Å². The normalized spacial score (nSPS) is 38.4. The van der Waals surface area contributed by atoms with Crippen molar-refractivity contribution >= 4 is 5.97 Å². The molecule has 0 aromatic rings. The highest BCUT2D eigenvalue weighted by atomic mass is 16.5. The van der Waals surface area contributed by atoms with E-state index in [1.54, 1.807) is 0 Å². The SMILES string of the molecule is COC(=O)CC[C@H](C)C1CCC2C3C[C@@H](O)C4C[C@@H](NCCCOCCCCOCCCN)CC[C@]4(C)C3CC[C@@]21C. The van der Waals surface area contributed by atoms with E-state index < -0.39 is 0 Å². The Labute approximate surface area is 256 Å². The first kappa shape index (κ1) is 34.1. The second kappa shape index (κ2) is 16.0. The zero-order chi connectivity index (χ0) is 30.2. The Bertz CT molecular complexity index is 827. The Morgan fingerprint density at radius 3 is 2.29 bits per heavy atom. The lowest BCUT2D eigenvalue weighted by molar-refractivity contribution is -0.162. The maximum Gasteiger partial charge on any atom is 0.305 e. The summed E-state index contributed by atoms with van der Waals surface area (Å²) in [6.07, 6.45) is 15.1. The summed E-state index contributed by atoms with van der Waals surface area (Å²) in [5.74, 6) is 3.67. The van der Waals surface area contributed by atoms with Crippen LogP contribution in [0.25, 0.3) is 0 Å². The van der Waals surface area contributed by atoms with E-state index in [2.05, 4.69) is 26.1 Å². The van der Waals surface area contributed by atoms with Gasteiger partial charge in [-0.05, 0) is 143 Å². The number of ether oxygens (including phenoxy) is 3. The molecule has 42 heavy (non-hydrogen) atoms. The molecule has 0 spiro atoms. The molecule has 0 aromatic carbocycles. The first-order valence-electron chi connectivity index (χ1n) is 17.6. The predicted molar refractivity (Wildman–Crippen MR) is 168 cm³/mol.